The van der Waals surface area contributed by atoms with Crippen molar-refractivity contribution in [3.63, 3.8) is 0 Å². The van der Waals surface area contributed by atoms with Crippen molar-refractivity contribution in [1.82, 2.24) is 0 Å². The Labute approximate surface area is 111 Å². The third kappa shape index (κ3) is 2.63. The van der Waals surface area contributed by atoms with E-state index in [9.17, 15) is 14.3 Å². The largest absolute Gasteiger partial charge is 0.507 e. The molecule has 1 N–H and O–H groups in total. The lowest BCUT2D eigenvalue weighted by atomic mass is 10.0. The number of carbonyl (C=O) groups is 1. The lowest BCUT2D eigenvalue weighted by Gasteiger charge is -2.03. The lowest BCUT2D eigenvalue weighted by Crippen LogP contribution is -2.01. The molecule has 0 spiro atoms. The summed E-state index contributed by atoms with van der Waals surface area (Å²) < 4.78 is 13.6. The highest BCUT2D eigenvalue weighted by molar-refractivity contribution is 14.1. The van der Waals surface area contributed by atoms with Gasteiger partial charge in [0.25, 0.3) is 0 Å². The van der Waals surface area contributed by atoms with Crippen LogP contribution in [0, 0.1) is 9.39 Å². The minimum Gasteiger partial charge on any atom is -0.507 e. The maximum Gasteiger partial charge on any atom is 0.193 e. The standard InChI is InChI=1S/C13H8FIO2/c14-10-3-1-2-8(6-10)13(17)9-4-5-12(16)11(15)7-9/h1-7,16H. The second kappa shape index (κ2) is 4.83. The van der Waals surface area contributed by atoms with Crippen LogP contribution in [0.25, 0.3) is 0 Å². The van der Waals surface area contributed by atoms with Gasteiger partial charge in [-0.2, -0.15) is 0 Å². The monoisotopic (exact) mass is 342 g/mol. The summed E-state index contributed by atoms with van der Waals surface area (Å²) in [5.41, 5.74) is 0.726. The van der Waals surface area contributed by atoms with E-state index in [1.54, 1.807) is 12.1 Å². The molecule has 0 bridgehead atoms. The molecule has 2 nitrogen and oxygen atoms in total. The summed E-state index contributed by atoms with van der Waals surface area (Å²) in [6.45, 7) is 0. The van der Waals surface area contributed by atoms with Crippen LogP contribution in [0.1, 0.15) is 15.9 Å². The fourth-order valence-electron chi connectivity index (χ4n) is 1.44. The Kier molecular flexibility index (Phi) is 3.42. The molecule has 0 aromatic heterocycles. The van der Waals surface area contributed by atoms with Crippen LogP contribution in [0.5, 0.6) is 5.75 Å². The van der Waals surface area contributed by atoms with Crippen LogP contribution in [-0.2, 0) is 0 Å². The number of phenolic OH excluding ortho intramolecular Hbond substituents is 1. The summed E-state index contributed by atoms with van der Waals surface area (Å²) in [6, 6.07) is 10.1. The van der Waals surface area contributed by atoms with Crippen LogP contribution in [0.4, 0.5) is 4.39 Å². The topological polar surface area (TPSA) is 37.3 Å². The quantitative estimate of drug-likeness (QED) is 0.671. The zero-order valence-corrected chi connectivity index (χ0v) is 10.8. The SMILES string of the molecule is O=C(c1cccc(F)c1)c1ccc(O)c(I)c1. The molecule has 86 valence electrons. The average Bonchev–Trinajstić information content (AvgIpc) is 2.32. The zero-order valence-electron chi connectivity index (χ0n) is 8.65. The number of hydrogen-bond acceptors (Lipinski definition) is 2. The smallest absolute Gasteiger partial charge is 0.193 e. The highest BCUT2D eigenvalue weighted by Crippen LogP contribution is 2.22. The van der Waals surface area contributed by atoms with Gasteiger partial charge in [0.15, 0.2) is 5.78 Å². The molecule has 2 aromatic carbocycles. The van der Waals surface area contributed by atoms with Crippen molar-refractivity contribution in [3.8, 4) is 5.75 Å². The van der Waals surface area contributed by atoms with Crippen molar-refractivity contribution in [1.29, 1.82) is 0 Å². The number of halogens is 2. The summed E-state index contributed by atoms with van der Waals surface area (Å²) in [5, 5.41) is 9.36. The Balaban J connectivity index is 2.40. The van der Waals surface area contributed by atoms with E-state index < -0.39 is 5.82 Å². The van der Waals surface area contributed by atoms with Crippen LogP contribution in [0.15, 0.2) is 42.5 Å². The number of hydrogen-bond donors (Lipinski definition) is 1. The van der Waals surface area contributed by atoms with Gasteiger partial charge in [0.1, 0.15) is 11.6 Å². The van der Waals surface area contributed by atoms with Crippen molar-refractivity contribution in [2.75, 3.05) is 0 Å². The van der Waals surface area contributed by atoms with Gasteiger partial charge in [0.05, 0.1) is 3.57 Å². The van der Waals surface area contributed by atoms with Gasteiger partial charge in [-0.3, -0.25) is 4.79 Å². The molecule has 4 heteroatoms. The number of carbonyl (C=O) groups excluding carboxylic acids is 1. The van der Waals surface area contributed by atoms with Crippen molar-refractivity contribution in [2.24, 2.45) is 0 Å². The van der Waals surface area contributed by atoms with Gasteiger partial charge in [-0.15, -0.1) is 0 Å². The third-order valence-electron chi connectivity index (χ3n) is 2.30. The molecule has 0 fully saturated rings. The second-order valence-electron chi connectivity index (χ2n) is 3.51. The second-order valence-corrected chi connectivity index (χ2v) is 4.67. The van der Waals surface area contributed by atoms with Gasteiger partial charge in [-0.05, 0) is 52.9 Å². The van der Waals surface area contributed by atoms with E-state index in [2.05, 4.69) is 0 Å². The highest BCUT2D eigenvalue weighted by Gasteiger charge is 2.11. The van der Waals surface area contributed by atoms with Crippen LogP contribution >= 0.6 is 22.6 Å². The van der Waals surface area contributed by atoms with Crippen molar-refractivity contribution in [2.45, 2.75) is 0 Å². The Hall–Kier alpha value is -1.43. The number of benzene rings is 2. The first-order valence-electron chi connectivity index (χ1n) is 4.87. The molecule has 17 heavy (non-hydrogen) atoms. The first-order chi connectivity index (χ1) is 8.08. The van der Waals surface area contributed by atoms with Crippen LogP contribution in [0.3, 0.4) is 0 Å². The van der Waals surface area contributed by atoms with Crippen LogP contribution in [0.2, 0.25) is 0 Å². The Morgan fingerprint density at radius 2 is 1.82 bits per heavy atom. The van der Waals surface area contributed by atoms with E-state index >= 15 is 0 Å². The molecule has 0 aliphatic carbocycles. The minimum atomic E-state index is -0.440. The van der Waals surface area contributed by atoms with E-state index in [0.717, 1.165) is 0 Å². The maximum absolute atomic E-state index is 13.0. The molecule has 2 aromatic rings. The summed E-state index contributed by atoms with van der Waals surface area (Å²) >= 11 is 1.93. The van der Waals surface area contributed by atoms with Gasteiger partial charge in [-0.25, -0.2) is 4.39 Å². The molecule has 0 saturated carbocycles. The number of aromatic hydroxyl groups is 1. The molecule has 0 amide bonds. The van der Waals surface area contributed by atoms with Gasteiger partial charge in [0, 0.05) is 11.1 Å². The first kappa shape index (κ1) is 12.0. The number of phenols is 1. The summed E-state index contributed by atoms with van der Waals surface area (Å²) in [6.07, 6.45) is 0. The Bertz CT molecular complexity index is 581. The van der Waals surface area contributed by atoms with Crippen molar-refractivity contribution in [3.05, 3.63) is 63.0 Å². The van der Waals surface area contributed by atoms with Gasteiger partial charge < -0.3 is 5.11 Å². The summed E-state index contributed by atoms with van der Waals surface area (Å²) in [4.78, 5) is 12.0. The van der Waals surface area contributed by atoms with E-state index in [1.807, 2.05) is 22.6 Å². The van der Waals surface area contributed by atoms with Gasteiger partial charge >= 0.3 is 0 Å². The van der Waals surface area contributed by atoms with E-state index in [4.69, 9.17) is 0 Å². The van der Waals surface area contributed by atoms with E-state index in [1.165, 1.54) is 30.3 Å². The summed E-state index contributed by atoms with van der Waals surface area (Å²) in [5.74, 6) is -0.576. The predicted molar refractivity (Wildman–Crippen MR) is 70.7 cm³/mol. The van der Waals surface area contributed by atoms with Crippen LogP contribution < -0.4 is 0 Å². The van der Waals surface area contributed by atoms with Gasteiger partial charge in [-0.1, -0.05) is 12.1 Å². The molecular formula is C13H8FIO2. The molecule has 0 aliphatic rings. The van der Waals surface area contributed by atoms with Gasteiger partial charge in [0.2, 0.25) is 0 Å². The normalized spacial score (nSPS) is 10.2. The van der Waals surface area contributed by atoms with E-state index in [0.29, 0.717) is 14.7 Å². The minimum absolute atomic E-state index is 0.126. The first-order valence-corrected chi connectivity index (χ1v) is 5.94. The average molecular weight is 342 g/mol. The van der Waals surface area contributed by atoms with E-state index in [-0.39, 0.29) is 11.5 Å². The molecule has 0 aliphatic heterocycles. The molecule has 0 saturated heterocycles. The lowest BCUT2D eigenvalue weighted by molar-refractivity contribution is 0.103. The maximum atomic E-state index is 13.0. The molecule has 0 radical (unpaired) electrons. The molecular weight excluding hydrogens is 334 g/mol. The van der Waals surface area contributed by atoms with Crippen molar-refractivity contribution >= 4 is 28.4 Å². The summed E-state index contributed by atoms with van der Waals surface area (Å²) in [7, 11) is 0. The Morgan fingerprint density at radius 3 is 2.47 bits per heavy atom. The Morgan fingerprint density at radius 1 is 1.12 bits per heavy atom. The molecule has 0 unspecified atom stereocenters. The zero-order chi connectivity index (χ0) is 12.4. The fraction of sp³-hybridized carbons (Fsp3) is 0. The fourth-order valence-corrected chi connectivity index (χ4v) is 1.96. The highest BCUT2D eigenvalue weighted by atomic mass is 127. The molecule has 0 atom stereocenters. The third-order valence-corrected chi connectivity index (χ3v) is 3.16. The molecule has 0 heterocycles. The number of rotatable bonds is 2. The predicted octanol–water partition coefficient (Wildman–Crippen LogP) is 3.37. The van der Waals surface area contributed by atoms with Crippen molar-refractivity contribution < 1.29 is 14.3 Å². The van der Waals surface area contributed by atoms with Crippen LogP contribution in [-0.4, -0.2) is 10.9 Å². The molecule has 2 rings (SSSR count). The number of ketones is 1.